The average Bonchev–Trinajstić information content (AvgIpc) is 2.73. The topological polar surface area (TPSA) is 41.6 Å². The summed E-state index contributed by atoms with van der Waals surface area (Å²) in [5.74, 6) is 1.62. The second-order valence-corrected chi connectivity index (χ2v) is 8.31. The van der Waals surface area contributed by atoms with Crippen LogP contribution in [0.4, 0.5) is 0 Å². The van der Waals surface area contributed by atoms with Gasteiger partial charge in [-0.1, -0.05) is 56.3 Å². The van der Waals surface area contributed by atoms with Crippen molar-refractivity contribution < 1.29 is 9.53 Å². The SMILES string of the molecule is Cc1ccccc1CN1CCC(C(=O)NCCOc2ccccc2C(C)C)CC1. The van der Waals surface area contributed by atoms with Crippen LogP contribution in [-0.4, -0.2) is 37.0 Å². The van der Waals surface area contributed by atoms with E-state index >= 15 is 0 Å². The number of carbonyl (C=O) groups excluding carboxylic acids is 1. The van der Waals surface area contributed by atoms with Gasteiger partial charge in [-0.05, 0) is 61.5 Å². The third-order valence-electron chi connectivity index (χ3n) is 5.81. The molecule has 2 aromatic carbocycles. The Morgan fingerprint density at radius 1 is 1.10 bits per heavy atom. The number of piperidine rings is 1. The number of ether oxygens (including phenoxy) is 1. The number of nitrogens with zero attached hydrogens (tertiary/aromatic N) is 1. The van der Waals surface area contributed by atoms with Crippen LogP contribution in [-0.2, 0) is 11.3 Å². The zero-order chi connectivity index (χ0) is 20.6. The highest BCUT2D eigenvalue weighted by Gasteiger charge is 2.24. The van der Waals surface area contributed by atoms with Crippen molar-refractivity contribution in [1.82, 2.24) is 10.2 Å². The summed E-state index contributed by atoms with van der Waals surface area (Å²) in [6.45, 7) is 10.5. The van der Waals surface area contributed by atoms with Gasteiger partial charge in [0.2, 0.25) is 5.91 Å². The van der Waals surface area contributed by atoms with Gasteiger partial charge in [0.25, 0.3) is 0 Å². The Balaban J connectivity index is 1.38. The van der Waals surface area contributed by atoms with Gasteiger partial charge in [0.15, 0.2) is 0 Å². The number of amides is 1. The average molecular weight is 395 g/mol. The fourth-order valence-corrected chi connectivity index (χ4v) is 3.95. The second-order valence-electron chi connectivity index (χ2n) is 8.31. The van der Waals surface area contributed by atoms with Crippen LogP contribution in [0.5, 0.6) is 5.75 Å². The highest BCUT2D eigenvalue weighted by atomic mass is 16.5. The molecule has 4 nitrogen and oxygen atoms in total. The number of hydrogen-bond donors (Lipinski definition) is 1. The first kappa shape index (κ1) is 21.4. The zero-order valence-corrected chi connectivity index (χ0v) is 18.0. The summed E-state index contributed by atoms with van der Waals surface area (Å²) < 4.78 is 5.91. The summed E-state index contributed by atoms with van der Waals surface area (Å²) in [7, 11) is 0. The van der Waals surface area contributed by atoms with Crippen molar-refractivity contribution in [2.45, 2.75) is 46.1 Å². The number of rotatable bonds is 8. The van der Waals surface area contributed by atoms with Crippen LogP contribution in [0.2, 0.25) is 0 Å². The zero-order valence-electron chi connectivity index (χ0n) is 18.0. The number of carbonyl (C=O) groups is 1. The minimum atomic E-state index is 0.117. The smallest absolute Gasteiger partial charge is 0.223 e. The second kappa shape index (κ2) is 10.4. The first-order chi connectivity index (χ1) is 14.0. The van der Waals surface area contributed by atoms with Gasteiger partial charge in [-0.2, -0.15) is 0 Å². The lowest BCUT2D eigenvalue weighted by atomic mass is 9.95. The molecule has 1 heterocycles. The largest absolute Gasteiger partial charge is 0.491 e. The molecule has 2 aromatic rings. The third kappa shape index (κ3) is 6.07. The lowest BCUT2D eigenvalue weighted by Gasteiger charge is -2.31. The molecule has 1 N–H and O–H groups in total. The molecule has 29 heavy (non-hydrogen) atoms. The molecule has 1 aliphatic heterocycles. The van der Waals surface area contributed by atoms with E-state index in [1.54, 1.807) is 0 Å². The van der Waals surface area contributed by atoms with Gasteiger partial charge >= 0.3 is 0 Å². The molecule has 4 heteroatoms. The molecule has 0 bridgehead atoms. The summed E-state index contributed by atoms with van der Waals surface area (Å²) in [6, 6.07) is 16.7. The van der Waals surface area contributed by atoms with Crippen LogP contribution in [0, 0.1) is 12.8 Å². The van der Waals surface area contributed by atoms with Gasteiger partial charge in [-0.3, -0.25) is 9.69 Å². The molecule has 0 saturated carbocycles. The molecule has 1 aliphatic rings. The van der Waals surface area contributed by atoms with E-state index in [0.717, 1.165) is 38.2 Å². The summed E-state index contributed by atoms with van der Waals surface area (Å²) >= 11 is 0. The van der Waals surface area contributed by atoms with E-state index in [-0.39, 0.29) is 11.8 Å². The van der Waals surface area contributed by atoms with Crippen LogP contribution in [0.15, 0.2) is 48.5 Å². The summed E-state index contributed by atoms with van der Waals surface area (Å²) in [4.78, 5) is 15.0. The normalized spacial score (nSPS) is 15.4. The van der Waals surface area contributed by atoms with E-state index in [1.807, 2.05) is 18.2 Å². The number of hydrogen-bond acceptors (Lipinski definition) is 3. The first-order valence-corrected chi connectivity index (χ1v) is 10.8. The predicted molar refractivity (Wildman–Crippen MR) is 118 cm³/mol. The molecular weight excluding hydrogens is 360 g/mol. The van der Waals surface area contributed by atoms with Gasteiger partial charge in [0, 0.05) is 12.5 Å². The van der Waals surface area contributed by atoms with Gasteiger partial charge in [0.1, 0.15) is 12.4 Å². The van der Waals surface area contributed by atoms with Crippen molar-refractivity contribution in [2.24, 2.45) is 5.92 Å². The molecule has 0 atom stereocenters. The Kier molecular flexibility index (Phi) is 7.70. The van der Waals surface area contributed by atoms with Crippen LogP contribution >= 0.6 is 0 Å². The molecule has 1 saturated heterocycles. The van der Waals surface area contributed by atoms with Crippen LogP contribution < -0.4 is 10.1 Å². The molecule has 156 valence electrons. The Hall–Kier alpha value is -2.33. The van der Waals surface area contributed by atoms with Crippen LogP contribution in [0.3, 0.4) is 0 Å². The van der Waals surface area contributed by atoms with Gasteiger partial charge < -0.3 is 10.1 Å². The van der Waals surface area contributed by atoms with E-state index in [9.17, 15) is 4.79 Å². The number of likely N-dealkylation sites (tertiary alicyclic amines) is 1. The Bertz CT molecular complexity index is 795. The van der Waals surface area contributed by atoms with E-state index in [1.165, 1.54) is 16.7 Å². The van der Waals surface area contributed by atoms with Gasteiger partial charge in [0.05, 0.1) is 6.54 Å². The molecule has 0 spiro atoms. The number of benzene rings is 2. The Morgan fingerprint density at radius 3 is 2.52 bits per heavy atom. The van der Waals surface area contributed by atoms with E-state index in [0.29, 0.717) is 19.1 Å². The van der Waals surface area contributed by atoms with Crippen molar-refractivity contribution >= 4 is 5.91 Å². The quantitative estimate of drug-likeness (QED) is 0.669. The van der Waals surface area contributed by atoms with Crippen molar-refractivity contribution in [3.05, 3.63) is 65.2 Å². The van der Waals surface area contributed by atoms with Crippen LogP contribution in [0.25, 0.3) is 0 Å². The summed E-state index contributed by atoms with van der Waals surface area (Å²) in [5, 5.41) is 3.06. The molecular formula is C25H34N2O2. The molecule has 0 aromatic heterocycles. The highest BCUT2D eigenvalue weighted by molar-refractivity contribution is 5.78. The van der Waals surface area contributed by atoms with E-state index in [4.69, 9.17) is 4.74 Å². The van der Waals surface area contributed by atoms with E-state index in [2.05, 4.69) is 61.3 Å². The number of nitrogens with one attached hydrogen (secondary N) is 1. The Labute approximate surface area is 175 Å². The maximum absolute atomic E-state index is 12.5. The molecule has 0 unspecified atom stereocenters. The minimum absolute atomic E-state index is 0.117. The number of aryl methyl sites for hydroxylation is 1. The third-order valence-corrected chi connectivity index (χ3v) is 5.81. The highest BCUT2D eigenvalue weighted by Crippen LogP contribution is 2.25. The molecule has 0 radical (unpaired) electrons. The Morgan fingerprint density at radius 2 is 1.79 bits per heavy atom. The predicted octanol–water partition coefficient (Wildman–Crippen LogP) is 4.53. The van der Waals surface area contributed by atoms with Crippen molar-refractivity contribution in [1.29, 1.82) is 0 Å². The lowest BCUT2D eigenvalue weighted by molar-refractivity contribution is -0.126. The fraction of sp³-hybridized carbons (Fsp3) is 0.480. The molecule has 0 aliphatic carbocycles. The van der Waals surface area contributed by atoms with Gasteiger partial charge in [-0.25, -0.2) is 0 Å². The first-order valence-electron chi connectivity index (χ1n) is 10.8. The molecule has 3 rings (SSSR count). The fourth-order valence-electron chi connectivity index (χ4n) is 3.95. The summed E-state index contributed by atoms with van der Waals surface area (Å²) in [5.41, 5.74) is 3.93. The summed E-state index contributed by atoms with van der Waals surface area (Å²) in [6.07, 6.45) is 1.85. The molecule has 1 fully saturated rings. The maximum atomic E-state index is 12.5. The standard InChI is InChI=1S/C25H34N2O2/c1-19(2)23-10-6-7-11-24(23)29-17-14-26-25(28)21-12-15-27(16-13-21)18-22-9-5-4-8-20(22)3/h4-11,19,21H,12-18H2,1-3H3,(H,26,28). The van der Waals surface area contributed by atoms with Crippen molar-refractivity contribution in [3.8, 4) is 5.75 Å². The number of para-hydroxylation sites is 1. The monoisotopic (exact) mass is 394 g/mol. The molecule has 1 amide bonds. The minimum Gasteiger partial charge on any atom is -0.491 e. The lowest BCUT2D eigenvalue weighted by Crippen LogP contribution is -2.41. The van der Waals surface area contributed by atoms with Gasteiger partial charge in [-0.15, -0.1) is 0 Å². The maximum Gasteiger partial charge on any atom is 0.223 e. The van der Waals surface area contributed by atoms with Crippen LogP contribution in [0.1, 0.15) is 49.3 Å². The van der Waals surface area contributed by atoms with E-state index < -0.39 is 0 Å². The van der Waals surface area contributed by atoms with Crippen molar-refractivity contribution in [2.75, 3.05) is 26.2 Å². The van der Waals surface area contributed by atoms with Crippen molar-refractivity contribution in [3.63, 3.8) is 0 Å².